The minimum atomic E-state index is -0.502. The molecule has 0 saturated carbocycles. The number of rotatable bonds is 1. The van der Waals surface area contributed by atoms with Crippen LogP contribution in [-0.4, -0.2) is 10.2 Å². The Morgan fingerprint density at radius 2 is 2.11 bits per heavy atom. The van der Waals surface area contributed by atoms with Crippen molar-refractivity contribution >= 4 is 10.8 Å². The summed E-state index contributed by atoms with van der Waals surface area (Å²) in [6.45, 7) is 1.63. The predicted octanol–water partition coefficient (Wildman–Crippen LogP) is 1.97. The van der Waals surface area contributed by atoms with Crippen LogP contribution in [0.2, 0.25) is 0 Å². The summed E-state index contributed by atoms with van der Waals surface area (Å²) in [6.07, 6.45) is 2.66. The zero-order valence-electron chi connectivity index (χ0n) is 9.42. The normalized spacial score (nSPS) is 11.0. The number of aromatic nitrogens is 3. The van der Waals surface area contributed by atoms with Crippen molar-refractivity contribution in [2.24, 2.45) is 0 Å². The summed E-state index contributed by atoms with van der Waals surface area (Å²) in [4.78, 5) is 0. The van der Waals surface area contributed by atoms with Crippen LogP contribution in [0.15, 0.2) is 35.0 Å². The number of fused-ring (bicyclic) bond motifs is 1. The molecule has 0 amide bonds. The number of benzene rings is 1. The van der Waals surface area contributed by atoms with E-state index in [4.69, 9.17) is 4.42 Å². The van der Waals surface area contributed by atoms with Crippen LogP contribution in [0.4, 0.5) is 4.39 Å². The summed E-state index contributed by atoms with van der Waals surface area (Å²) in [7, 11) is 0. The molecule has 0 radical (unpaired) electrons. The van der Waals surface area contributed by atoms with Gasteiger partial charge in [-0.1, -0.05) is 0 Å². The van der Waals surface area contributed by atoms with Crippen LogP contribution < -0.4 is 4.73 Å². The van der Waals surface area contributed by atoms with Gasteiger partial charge < -0.3 is 9.62 Å². The van der Waals surface area contributed by atoms with Gasteiger partial charge in [0.05, 0.1) is 5.56 Å². The van der Waals surface area contributed by atoms with Crippen LogP contribution in [0.3, 0.4) is 0 Å². The Balaban J connectivity index is 2.24. The maximum atomic E-state index is 13.9. The number of hydrogen-bond donors (Lipinski definition) is 0. The van der Waals surface area contributed by atoms with Gasteiger partial charge in [-0.3, -0.25) is 0 Å². The average molecular weight is 245 g/mol. The Hall–Kier alpha value is -2.50. The highest BCUT2D eigenvalue weighted by Gasteiger charge is 2.13. The summed E-state index contributed by atoms with van der Waals surface area (Å²) in [6, 6.07) is 4.46. The highest BCUT2D eigenvalue weighted by atomic mass is 19.1. The Morgan fingerprint density at radius 1 is 1.28 bits per heavy atom. The summed E-state index contributed by atoms with van der Waals surface area (Å²) in [5, 5.41) is 19.8. The topological polar surface area (TPSA) is 65.9 Å². The van der Waals surface area contributed by atoms with Gasteiger partial charge in [0, 0.05) is 18.4 Å². The molecule has 5 nitrogen and oxygen atoms in total. The average Bonchev–Trinajstić information content (AvgIpc) is 2.74. The van der Waals surface area contributed by atoms with Crippen molar-refractivity contribution in [2.45, 2.75) is 6.92 Å². The molecule has 3 rings (SSSR count). The number of aryl methyl sites for hydroxylation is 1. The first-order valence-corrected chi connectivity index (χ1v) is 5.26. The van der Waals surface area contributed by atoms with Gasteiger partial charge in [-0.2, -0.15) is 4.73 Å². The predicted molar refractivity (Wildman–Crippen MR) is 60.9 cm³/mol. The van der Waals surface area contributed by atoms with E-state index in [-0.39, 0.29) is 11.5 Å². The van der Waals surface area contributed by atoms with Gasteiger partial charge in [0.2, 0.25) is 5.89 Å². The van der Waals surface area contributed by atoms with E-state index in [1.54, 1.807) is 19.1 Å². The molecule has 0 fully saturated rings. The van der Waals surface area contributed by atoms with Gasteiger partial charge in [-0.25, -0.2) is 4.39 Å². The third kappa shape index (κ3) is 1.67. The molecule has 0 N–H and O–H groups in total. The van der Waals surface area contributed by atoms with E-state index >= 15 is 0 Å². The standard InChI is InChI=1S/C12H8FN3O2/c1-7-14-15-12(18-7)10-4-8-2-3-16(17)6-9(8)5-11(10)13/h2-6H,1H3. The molecule has 0 aliphatic rings. The van der Waals surface area contributed by atoms with Crippen molar-refractivity contribution in [3.63, 3.8) is 0 Å². The van der Waals surface area contributed by atoms with Crippen molar-refractivity contribution in [3.05, 3.63) is 47.5 Å². The lowest BCUT2D eigenvalue weighted by Gasteiger charge is -2.02. The molecule has 0 atom stereocenters. The summed E-state index contributed by atoms with van der Waals surface area (Å²) in [5.74, 6) is -0.00179. The molecule has 90 valence electrons. The molecular formula is C12H8FN3O2. The Labute approximate surface area is 101 Å². The maximum absolute atomic E-state index is 13.9. The van der Waals surface area contributed by atoms with Gasteiger partial charge in [-0.05, 0) is 17.5 Å². The first-order valence-electron chi connectivity index (χ1n) is 5.26. The molecule has 0 aliphatic heterocycles. The quantitative estimate of drug-likeness (QED) is 0.485. The van der Waals surface area contributed by atoms with E-state index < -0.39 is 5.82 Å². The number of hydrogen-bond acceptors (Lipinski definition) is 4. The molecule has 0 saturated heterocycles. The van der Waals surface area contributed by atoms with Crippen molar-refractivity contribution in [2.75, 3.05) is 0 Å². The summed E-state index contributed by atoms with van der Waals surface area (Å²) < 4.78 is 19.7. The molecule has 2 heterocycles. The number of pyridine rings is 1. The van der Waals surface area contributed by atoms with Crippen molar-refractivity contribution in [1.82, 2.24) is 10.2 Å². The number of nitrogens with zero attached hydrogens (tertiary/aromatic N) is 3. The zero-order valence-corrected chi connectivity index (χ0v) is 9.42. The molecule has 0 bridgehead atoms. The van der Waals surface area contributed by atoms with Crippen LogP contribution in [0.5, 0.6) is 0 Å². The Kier molecular flexibility index (Phi) is 2.22. The molecular weight excluding hydrogens is 237 g/mol. The van der Waals surface area contributed by atoms with Crippen LogP contribution in [-0.2, 0) is 0 Å². The van der Waals surface area contributed by atoms with Crippen LogP contribution in [0.25, 0.3) is 22.2 Å². The van der Waals surface area contributed by atoms with E-state index in [0.717, 1.165) is 5.39 Å². The van der Waals surface area contributed by atoms with Gasteiger partial charge in [0.1, 0.15) is 5.82 Å². The second-order valence-corrected chi connectivity index (χ2v) is 3.89. The number of halogens is 1. The molecule has 3 aromatic rings. The lowest BCUT2D eigenvalue weighted by Crippen LogP contribution is -2.23. The highest BCUT2D eigenvalue weighted by molar-refractivity contribution is 5.85. The van der Waals surface area contributed by atoms with Crippen LogP contribution in [0.1, 0.15) is 5.89 Å². The first-order chi connectivity index (χ1) is 8.63. The molecule has 1 aromatic carbocycles. The van der Waals surface area contributed by atoms with Crippen LogP contribution in [0, 0.1) is 17.9 Å². The van der Waals surface area contributed by atoms with Crippen molar-refractivity contribution < 1.29 is 13.5 Å². The zero-order chi connectivity index (χ0) is 12.7. The molecule has 2 aromatic heterocycles. The van der Waals surface area contributed by atoms with Gasteiger partial charge in [0.25, 0.3) is 5.89 Å². The fourth-order valence-corrected chi connectivity index (χ4v) is 1.76. The first kappa shape index (κ1) is 10.6. The third-order valence-electron chi connectivity index (χ3n) is 2.60. The van der Waals surface area contributed by atoms with Gasteiger partial charge in [0.15, 0.2) is 12.4 Å². The summed E-state index contributed by atoms with van der Waals surface area (Å²) >= 11 is 0. The minimum Gasteiger partial charge on any atom is -0.619 e. The summed E-state index contributed by atoms with van der Waals surface area (Å²) in [5.41, 5.74) is 0.228. The maximum Gasteiger partial charge on any atom is 0.250 e. The van der Waals surface area contributed by atoms with E-state index in [1.807, 2.05) is 0 Å². The molecule has 0 aliphatic carbocycles. The monoisotopic (exact) mass is 245 g/mol. The SMILES string of the molecule is Cc1nnc(-c2cc3cc[n+]([O-])cc3cc2F)o1. The molecule has 0 spiro atoms. The minimum absolute atomic E-state index is 0.130. The third-order valence-corrected chi connectivity index (χ3v) is 2.60. The van der Waals surface area contributed by atoms with E-state index in [0.29, 0.717) is 16.0 Å². The smallest absolute Gasteiger partial charge is 0.250 e. The second-order valence-electron chi connectivity index (χ2n) is 3.89. The van der Waals surface area contributed by atoms with E-state index in [1.165, 1.54) is 18.5 Å². The Morgan fingerprint density at radius 3 is 2.83 bits per heavy atom. The van der Waals surface area contributed by atoms with Gasteiger partial charge in [-0.15, -0.1) is 10.2 Å². The van der Waals surface area contributed by atoms with E-state index in [2.05, 4.69) is 10.2 Å². The second kappa shape index (κ2) is 3.76. The van der Waals surface area contributed by atoms with Gasteiger partial charge >= 0.3 is 0 Å². The van der Waals surface area contributed by atoms with E-state index in [9.17, 15) is 9.60 Å². The lowest BCUT2D eigenvalue weighted by atomic mass is 10.1. The lowest BCUT2D eigenvalue weighted by molar-refractivity contribution is -0.603. The molecule has 18 heavy (non-hydrogen) atoms. The molecule has 0 unspecified atom stereocenters. The fraction of sp³-hybridized carbons (Fsp3) is 0.0833. The molecule has 6 heteroatoms. The van der Waals surface area contributed by atoms with Crippen molar-refractivity contribution in [3.8, 4) is 11.5 Å². The largest absolute Gasteiger partial charge is 0.619 e. The fourth-order valence-electron chi connectivity index (χ4n) is 1.76. The van der Waals surface area contributed by atoms with Crippen molar-refractivity contribution in [1.29, 1.82) is 0 Å². The Bertz CT molecular complexity index is 739. The highest BCUT2D eigenvalue weighted by Crippen LogP contribution is 2.26. The van der Waals surface area contributed by atoms with Crippen LogP contribution >= 0.6 is 0 Å².